The first-order chi connectivity index (χ1) is 13.7. The molecule has 1 amide bonds. The highest BCUT2D eigenvalue weighted by Gasteiger charge is 2.16. The number of hydrogen-bond acceptors (Lipinski definition) is 4. The van der Waals surface area contributed by atoms with Crippen LogP contribution in [0.4, 0.5) is 5.69 Å². The first-order valence-electron chi connectivity index (χ1n) is 10.2. The molecule has 1 fully saturated rings. The molecule has 2 aromatic rings. The summed E-state index contributed by atoms with van der Waals surface area (Å²) >= 11 is 0. The van der Waals surface area contributed by atoms with Crippen LogP contribution in [0.25, 0.3) is 0 Å². The highest BCUT2D eigenvalue weighted by molar-refractivity contribution is 5.95. The number of likely N-dealkylation sites (tertiary alicyclic amines) is 1. The van der Waals surface area contributed by atoms with E-state index in [1.165, 1.54) is 5.56 Å². The topological polar surface area (TPSA) is 47.9 Å². The quantitative estimate of drug-likeness (QED) is 0.743. The lowest BCUT2D eigenvalue weighted by atomic mass is 10.1. The highest BCUT2D eigenvalue weighted by Crippen LogP contribution is 2.15. The first kappa shape index (κ1) is 20.1. The molecule has 0 radical (unpaired) electrons. The lowest BCUT2D eigenvalue weighted by Gasteiger charge is -2.27. The Morgan fingerprint density at radius 2 is 1.64 bits per heavy atom. The third-order valence-corrected chi connectivity index (χ3v) is 5.26. The molecule has 0 aromatic heterocycles. The Morgan fingerprint density at radius 3 is 2.25 bits per heavy atom. The summed E-state index contributed by atoms with van der Waals surface area (Å²) < 4.78 is 0. The maximum Gasteiger partial charge on any atom is 0.271 e. The van der Waals surface area contributed by atoms with Crippen LogP contribution >= 0.6 is 0 Å². The van der Waals surface area contributed by atoms with E-state index in [-0.39, 0.29) is 5.91 Å². The van der Waals surface area contributed by atoms with Crippen molar-refractivity contribution in [1.29, 1.82) is 0 Å². The van der Waals surface area contributed by atoms with Crippen molar-refractivity contribution in [3.05, 3.63) is 65.7 Å². The first-order valence-corrected chi connectivity index (χ1v) is 10.2. The minimum absolute atomic E-state index is 0.148. The van der Waals surface area contributed by atoms with E-state index in [2.05, 4.69) is 58.4 Å². The van der Waals surface area contributed by atoms with Gasteiger partial charge in [-0.2, -0.15) is 5.10 Å². The molecule has 148 valence electrons. The Labute approximate surface area is 168 Å². The molecule has 0 saturated carbocycles. The van der Waals surface area contributed by atoms with Crippen molar-refractivity contribution in [2.24, 2.45) is 5.10 Å². The lowest BCUT2D eigenvalue weighted by Crippen LogP contribution is -2.34. The largest absolute Gasteiger partial charge is 0.372 e. The van der Waals surface area contributed by atoms with Gasteiger partial charge in [-0.15, -0.1) is 0 Å². The van der Waals surface area contributed by atoms with Crippen LogP contribution in [0.15, 0.2) is 59.7 Å². The van der Waals surface area contributed by atoms with Gasteiger partial charge in [0.15, 0.2) is 0 Å². The van der Waals surface area contributed by atoms with E-state index in [0.29, 0.717) is 5.56 Å². The Kier molecular flexibility index (Phi) is 7.20. The molecule has 1 N–H and O–H groups in total. The monoisotopic (exact) mass is 378 g/mol. The van der Waals surface area contributed by atoms with Crippen molar-refractivity contribution in [3.63, 3.8) is 0 Å². The van der Waals surface area contributed by atoms with E-state index < -0.39 is 0 Å². The summed E-state index contributed by atoms with van der Waals surface area (Å²) in [5.41, 5.74) is 6.91. The van der Waals surface area contributed by atoms with Crippen LogP contribution in [0, 0.1) is 0 Å². The van der Waals surface area contributed by atoms with Crippen LogP contribution in [0.3, 0.4) is 0 Å². The second kappa shape index (κ2) is 10.0. The van der Waals surface area contributed by atoms with Gasteiger partial charge in [0, 0.05) is 62.5 Å². The van der Waals surface area contributed by atoms with E-state index in [1.54, 1.807) is 0 Å². The van der Waals surface area contributed by atoms with Crippen molar-refractivity contribution >= 4 is 17.3 Å². The molecule has 1 saturated heterocycles. The zero-order valence-electron chi connectivity index (χ0n) is 16.9. The van der Waals surface area contributed by atoms with Crippen LogP contribution in [0.2, 0.25) is 0 Å². The van der Waals surface area contributed by atoms with Gasteiger partial charge in [0.1, 0.15) is 0 Å². The van der Waals surface area contributed by atoms with Gasteiger partial charge >= 0.3 is 0 Å². The molecule has 1 aliphatic heterocycles. The maximum absolute atomic E-state index is 12.4. The Bertz CT molecular complexity index is 772. The predicted molar refractivity (Wildman–Crippen MR) is 116 cm³/mol. The Morgan fingerprint density at radius 1 is 1.00 bits per heavy atom. The number of piperidine rings is 1. The molecule has 5 heteroatoms. The molecule has 5 nitrogen and oxygen atoms in total. The summed E-state index contributed by atoms with van der Waals surface area (Å²) in [6.07, 6.45) is 1.79. The third kappa shape index (κ3) is 5.42. The van der Waals surface area contributed by atoms with Gasteiger partial charge in [-0.25, -0.2) is 5.43 Å². The lowest BCUT2D eigenvalue weighted by molar-refractivity contribution is 0.0954. The molecule has 0 atom stereocenters. The SMILES string of the molecule is CCN(CC)c1ccc(C(=O)NN=C2CCN(Cc3ccccc3)CC2)cc1. The molecular formula is C23H30N4O. The van der Waals surface area contributed by atoms with Gasteiger partial charge in [-0.05, 0) is 43.7 Å². The summed E-state index contributed by atoms with van der Waals surface area (Å²) in [5, 5.41) is 4.37. The highest BCUT2D eigenvalue weighted by atomic mass is 16.2. The molecule has 1 heterocycles. The van der Waals surface area contributed by atoms with Gasteiger partial charge in [0.05, 0.1) is 0 Å². The normalized spacial score (nSPS) is 14.6. The van der Waals surface area contributed by atoms with Gasteiger partial charge < -0.3 is 4.90 Å². The average molecular weight is 379 g/mol. The number of carbonyl (C=O) groups is 1. The summed E-state index contributed by atoms with van der Waals surface area (Å²) in [5.74, 6) is -0.148. The molecule has 0 spiro atoms. The van der Waals surface area contributed by atoms with E-state index in [4.69, 9.17) is 0 Å². The number of benzene rings is 2. The molecule has 0 bridgehead atoms. The van der Waals surface area contributed by atoms with Crippen molar-refractivity contribution in [2.75, 3.05) is 31.1 Å². The molecule has 28 heavy (non-hydrogen) atoms. The number of hydrogen-bond donors (Lipinski definition) is 1. The minimum atomic E-state index is -0.148. The fraction of sp³-hybridized carbons (Fsp3) is 0.391. The third-order valence-electron chi connectivity index (χ3n) is 5.26. The van der Waals surface area contributed by atoms with Crippen molar-refractivity contribution < 1.29 is 4.79 Å². The van der Waals surface area contributed by atoms with Gasteiger partial charge in [0.25, 0.3) is 5.91 Å². The zero-order chi connectivity index (χ0) is 19.8. The predicted octanol–water partition coefficient (Wildman–Crippen LogP) is 3.91. The van der Waals surface area contributed by atoms with E-state index in [1.807, 2.05) is 30.3 Å². The second-order valence-corrected chi connectivity index (χ2v) is 7.10. The summed E-state index contributed by atoms with van der Waals surface area (Å²) in [6, 6.07) is 18.3. The molecule has 2 aromatic carbocycles. The standard InChI is InChI=1S/C23H30N4O/c1-3-27(4-2)22-12-10-20(11-13-22)23(28)25-24-21-14-16-26(17-15-21)18-19-8-6-5-7-9-19/h5-13H,3-4,14-18H2,1-2H3,(H,25,28). The minimum Gasteiger partial charge on any atom is -0.372 e. The summed E-state index contributed by atoms with van der Waals surface area (Å²) in [4.78, 5) is 17.1. The number of rotatable bonds is 7. The Hall–Kier alpha value is -2.66. The average Bonchev–Trinajstić information content (AvgIpc) is 2.75. The Balaban J connectivity index is 1.48. The van der Waals surface area contributed by atoms with E-state index in [9.17, 15) is 4.79 Å². The number of nitrogens with zero attached hydrogens (tertiary/aromatic N) is 3. The fourth-order valence-electron chi connectivity index (χ4n) is 3.53. The number of amides is 1. The van der Waals surface area contributed by atoms with Crippen molar-refractivity contribution in [3.8, 4) is 0 Å². The van der Waals surface area contributed by atoms with E-state index in [0.717, 1.165) is 57.0 Å². The zero-order valence-corrected chi connectivity index (χ0v) is 16.9. The molecule has 1 aliphatic rings. The number of anilines is 1. The molecule has 3 rings (SSSR count). The van der Waals surface area contributed by atoms with Crippen LogP contribution in [-0.4, -0.2) is 42.7 Å². The number of hydrazone groups is 1. The maximum atomic E-state index is 12.4. The molecular weight excluding hydrogens is 348 g/mol. The number of nitrogens with one attached hydrogen (secondary N) is 1. The second-order valence-electron chi connectivity index (χ2n) is 7.10. The van der Waals surface area contributed by atoms with Gasteiger partial charge in [-0.3, -0.25) is 9.69 Å². The fourth-order valence-corrected chi connectivity index (χ4v) is 3.53. The van der Waals surface area contributed by atoms with Crippen LogP contribution in [0.5, 0.6) is 0 Å². The van der Waals surface area contributed by atoms with Crippen molar-refractivity contribution in [2.45, 2.75) is 33.2 Å². The van der Waals surface area contributed by atoms with E-state index >= 15 is 0 Å². The summed E-state index contributed by atoms with van der Waals surface area (Å²) in [6.45, 7) is 9.09. The van der Waals surface area contributed by atoms with Gasteiger partial charge in [0.2, 0.25) is 0 Å². The van der Waals surface area contributed by atoms with Crippen LogP contribution in [0.1, 0.15) is 42.6 Å². The molecule has 0 aliphatic carbocycles. The smallest absolute Gasteiger partial charge is 0.271 e. The van der Waals surface area contributed by atoms with Crippen molar-refractivity contribution in [1.82, 2.24) is 10.3 Å². The summed E-state index contributed by atoms with van der Waals surface area (Å²) in [7, 11) is 0. The van der Waals surface area contributed by atoms with Crippen LogP contribution in [-0.2, 0) is 6.54 Å². The van der Waals surface area contributed by atoms with Crippen LogP contribution < -0.4 is 10.3 Å². The number of carbonyl (C=O) groups excluding carboxylic acids is 1. The molecule has 0 unspecified atom stereocenters. The van der Waals surface area contributed by atoms with Gasteiger partial charge in [-0.1, -0.05) is 30.3 Å².